The van der Waals surface area contributed by atoms with Crippen molar-refractivity contribution in [2.75, 3.05) is 13.1 Å². The lowest BCUT2D eigenvalue weighted by Crippen LogP contribution is -2.45. The first kappa shape index (κ1) is 21.8. The lowest BCUT2D eigenvalue weighted by molar-refractivity contribution is -0.140. The number of nitrogens with two attached hydrogens (primary N) is 1. The zero-order chi connectivity index (χ0) is 22.7. The van der Waals surface area contributed by atoms with Crippen molar-refractivity contribution in [2.45, 2.75) is 45.1 Å². The largest absolute Gasteiger partial charge is 0.480 e. The summed E-state index contributed by atoms with van der Waals surface area (Å²) in [6, 6.07) is 17.3. The van der Waals surface area contributed by atoms with Gasteiger partial charge in [-0.25, -0.2) is 0 Å². The van der Waals surface area contributed by atoms with E-state index >= 15 is 0 Å². The second-order valence-corrected chi connectivity index (χ2v) is 8.36. The summed E-state index contributed by atoms with van der Waals surface area (Å²) in [5, 5.41) is 0.900. The fourth-order valence-electron chi connectivity index (χ4n) is 4.37. The Morgan fingerprint density at radius 3 is 2.50 bits per heavy atom. The number of aryl methyl sites for hydroxylation is 1. The number of ether oxygens (including phenoxy) is 1. The number of primary amides is 1. The van der Waals surface area contributed by atoms with Crippen LogP contribution in [-0.4, -0.2) is 40.9 Å². The van der Waals surface area contributed by atoms with Crippen LogP contribution < -0.4 is 10.5 Å². The highest BCUT2D eigenvalue weighted by Gasteiger charge is 2.31. The van der Waals surface area contributed by atoms with Crippen molar-refractivity contribution in [3.63, 3.8) is 0 Å². The molecular weight excluding hydrogens is 402 g/mol. The van der Waals surface area contributed by atoms with Crippen LogP contribution in [0.2, 0.25) is 0 Å². The summed E-state index contributed by atoms with van der Waals surface area (Å²) in [5.41, 5.74) is 8.75. The number of fused-ring (bicyclic) bond motifs is 1. The Hall–Kier alpha value is -3.41. The number of pyridine rings is 1. The third-order valence-electron chi connectivity index (χ3n) is 6.22. The minimum atomic E-state index is -0.507. The highest BCUT2D eigenvalue weighted by Crippen LogP contribution is 2.31. The van der Waals surface area contributed by atoms with Gasteiger partial charge in [0.15, 0.2) is 6.10 Å². The topological polar surface area (TPSA) is 85.5 Å². The monoisotopic (exact) mass is 431 g/mol. The quantitative estimate of drug-likeness (QED) is 0.634. The Bertz CT molecular complexity index is 1140. The van der Waals surface area contributed by atoms with E-state index in [9.17, 15) is 9.59 Å². The normalized spacial score (nSPS) is 15.5. The van der Waals surface area contributed by atoms with Gasteiger partial charge in [-0.2, -0.15) is 0 Å². The standard InChI is InChI=1S/C26H29N3O3/c1-3-22(32-23-11-7-4-8-17(23)2)26(31)29-14-12-18(13-15-29)24-20(25(27)30)16-19-9-5-6-10-21(19)28-24/h4-11,16,18,22H,3,12-15H2,1-2H3,(H2,27,30). The molecule has 1 aliphatic rings. The molecule has 1 aliphatic heterocycles. The summed E-state index contributed by atoms with van der Waals surface area (Å²) in [4.78, 5) is 31.9. The lowest BCUT2D eigenvalue weighted by Gasteiger charge is -2.34. The summed E-state index contributed by atoms with van der Waals surface area (Å²) >= 11 is 0. The number of carbonyl (C=O) groups excluding carboxylic acids is 2. The van der Waals surface area contributed by atoms with Gasteiger partial charge in [0.25, 0.3) is 11.8 Å². The summed E-state index contributed by atoms with van der Waals surface area (Å²) < 4.78 is 6.05. The number of nitrogens with zero attached hydrogens (tertiary/aromatic N) is 2. The smallest absolute Gasteiger partial charge is 0.263 e. The van der Waals surface area contributed by atoms with Gasteiger partial charge in [-0.05, 0) is 49.9 Å². The van der Waals surface area contributed by atoms with Crippen LogP contribution >= 0.6 is 0 Å². The zero-order valence-electron chi connectivity index (χ0n) is 18.6. The average Bonchev–Trinajstić information content (AvgIpc) is 2.82. The Kier molecular flexibility index (Phi) is 6.40. The number of hydrogen-bond donors (Lipinski definition) is 1. The van der Waals surface area contributed by atoms with E-state index in [0.717, 1.165) is 40.8 Å². The van der Waals surface area contributed by atoms with Crippen molar-refractivity contribution >= 4 is 22.7 Å². The first-order valence-corrected chi connectivity index (χ1v) is 11.2. The van der Waals surface area contributed by atoms with E-state index < -0.39 is 12.0 Å². The Morgan fingerprint density at radius 2 is 1.81 bits per heavy atom. The van der Waals surface area contributed by atoms with E-state index in [1.54, 1.807) is 0 Å². The van der Waals surface area contributed by atoms with E-state index in [2.05, 4.69) is 0 Å². The van der Waals surface area contributed by atoms with Crippen molar-refractivity contribution in [3.05, 3.63) is 71.4 Å². The predicted octanol–water partition coefficient (Wildman–Crippen LogP) is 4.21. The fourth-order valence-corrected chi connectivity index (χ4v) is 4.37. The molecule has 2 N–H and O–H groups in total. The number of amides is 2. The van der Waals surface area contributed by atoms with Crippen LogP contribution in [0.25, 0.3) is 10.9 Å². The fraction of sp³-hybridized carbons (Fsp3) is 0.346. The van der Waals surface area contributed by atoms with Crippen LogP contribution in [0.5, 0.6) is 5.75 Å². The van der Waals surface area contributed by atoms with E-state index in [4.69, 9.17) is 15.5 Å². The Morgan fingerprint density at radius 1 is 1.12 bits per heavy atom. The van der Waals surface area contributed by atoms with Gasteiger partial charge in [0.2, 0.25) is 0 Å². The third kappa shape index (κ3) is 4.44. The molecule has 0 radical (unpaired) electrons. The first-order chi connectivity index (χ1) is 15.5. The van der Waals surface area contributed by atoms with Gasteiger partial charge in [0.1, 0.15) is 5.75 Å². The molecule has 6 nitrogen and oxygen atoms in total. The van der Waals surface area contributed by atoms with Crippen LogP contribution in [0.15, 0.2) is 54.6 Å². The Labute approximate surface area is 188 Å². The molecule has 1 atom stereocenters. The Balaban J connectivity index is 1.48. The predicted molar refractivity (Wildman–Crippen MR) is 125 cm³/mol. The molecule has 1 unspecified atom stereocenters. The van der Waals surface area contributed by atoms with E-state index in [0.29, 0.717) is 25.1 Å². The van der Waals surface area contributed by atoms with E-state index in [-0.39, 0.29) is 11.8 Å². The van der Waals surface area contributed by atoms with Crippen molar-refractivity contribution < 1.29 is 14.3 Å². The number of hydrogen-bond acceptors (Lipinski definition) is 4. The summed E-state index contributed by atoms with van der Waals surface area (Å²) in [6.45, 7) is 5.14. The van der Waals surface area contributed by atoms with Gasteiger partial charge in [0, 0.05) is 24.4 Å². The van der Waals surface area contributed by atoms with Gasteiger partial charge in [0.05, 0.1) is 16.8 Å². The summed E-state index contributed by atoms with van der Waals surface area (Å²) in [7, 11) is 0. The summed E-state index contributed by atoms with van der Waals surface area (Å²) in [6.07, 6.45) is 1.56. The highest BCUT2D eigenvalue weighted by molar-refractivity contribution is 5.97. The van der Waals surface area contributed by atoms with Crippen molar-refractivity contribution in [3.8, 4) is 5.75 Å². The van der Waals surface area contributed by atoms with Crippen LogP contribution in [-0.2, 0) is 4.79 Å². The van der Waals surface area contributed by atoms with Gasteiger partial charge in [-0.15, -0.1) is 0 Å². The van der Waals surface area contributed by atoms with E-state index in [1.807, 2.05) is 73.3 Å². The average molecular weight is 432 g/mol. The van der Waals surface area contributed by atoms with Crippen molar-refractivity contribution in [1.29, 1.82) is 0 Å². The van der Waals surface area contributed by atoms with Gasteiger partial charge >= 0.3 is 0 Å². The van der Waals surface area contributed by atoms with Crippen molar-refractivity contribution in [2.24, 2.45) is 5.73 Å². The third-order valence-corrected chi connectivity index (χ3v) is 6.22. The molecule has 0 spiro atoms. The van der Waals surface area contributed by atoms with E-state index in [1.165, 1.54) is 0 Å². The first-order valence-electron chi connectivity index (χ1n) is 11.2. The van der Waals surface area contributed by atoms with Crippen molar-refractivity contribution in [1.82, 2.24) is 9.88 Å². The van der Waals surface area contributed by atoms with Crippen LogP contribution in [0.3, 0.4) is 0 Å². The molecule has 2 heterocycles. The number of benzene rings is 2. The molecule has 2 amide bonds. The molecule has 1 fully saturated rings. The molecule has 32 heavy (non-hydrogen) atoms. The molecule has 2 aromatic carbocycles. The molecule has 1 saturated heterocycles. The minimum absolute atomic E-state index is 0.01000. The lowest BCUT2D eigenvalue weighted by atomic mass is 9.89. The number of aromatic nitrogens is 1. The van der Waals surface area contributed by atoms with Gasteiger partial charge < -0.3 is 15.4 Å². The molecule has 6 heteroatoms. The minimum Gasteiger partial charge on any atom is -0.480 e. The zero-order valence-corrected chi connectivity index (χ0v) is 18.6. The number of piperidine rings is 1. The van der Waals surface area contributed by atoms with Crippen LogP contribution in [0, 0.1) is 6.92 Å². The maximum absolute atomic E-state index is 13.1. The molecule has 3 aromatic rings. The number of carbonyl (C=O) groups is 2. The van der Waals surface area contributed by atoms with Gasteiger partial charge in [-0.3, -0.25) is 14.6 Å². The van der Waals surface area contributed by atoms with Gasteiger partial charge in [-0.1, -0.05) is 43.3 Å². The molecule has 0 saturated carbocycles. The molecule has 4 rings (SSSR count). The van der Waals surface area contributed by atoms with Crippen LogP contribution in [0.4, 0.5) is 0 Å². The molecule has 166 valence electrons. The number of rotatable bonds is 6. The molecular formula is C26H29N3O3. The highest BCUT2D eigenvalue weighted by atomic mass is 16.5. The van der Waals surface area contributed by atoms with Crippen LogP contribution in [0.1, 0.15) is 53.7 Å². The summed E-state index contributed by atoms with van der Waals surface area (Å²) in [5.74, 6) is 0.378. The molecule has 0 bridgehead atoms. The number of likely N-dealkylation sites (tertiary alicyclic amines) is 1. The second kappa shape index (κ2) is 9.39. The molecule has 0 aliphatic carbocycles. The maximum atomic E-state index is 13.1. The maximum Gasteiger partial charge on any atom is 0.263 e. The SMILES string of the molecule is CCC(Oc1ccccc1C)C(=O)N1CCC(c2nc3ccccc3cc2C(N)=O)CC1. The second-order valence-electron chi connectivity index (χ2n) is 8.36. The number of para-hydroxylation sites is 2. The molecule has 1 aromatic heterocycles.